The quantitative estimate of drug-likeness (QED) is 0.805. The van der Waals surface area contributed by atoms with Crippen LogP contribution in [0.3, 0.4) is 0 Å². The van der Waals surface area contributed by atoms with Gasteiger partial charge in [0, 0.05) is 11.8 Å². The smallest absolute Gasteiger partial charge is 0.421 e. The van der Waals surface area contributed by atoms with E-state index in [0.717, 1.165) is 0 Å². The molecule has 0 saturated carbocycles. The topological polar surface area (TPSA) is 37.3 Å². The minimum absolute atomic E-state index is 0. The zero-order chi connectivity index (χ0) is 11.6. The maximum Gasteiger partial charge on any atom is 0.421 e. The van der Waals surface area contributed by atoms with E-state index in [2.05, 4.69) is 0 Å². The lowest BCUT2D eigenvalue weighted by Crippen LogP contribution is -2.36. The number of carbonyl (C=O) groups is 1. The van der Waals surface area contributed by atoms with Gasteiger partial charge >= 0.3 is 12.1 Å². The number of halogens is 7. The van der Waals surface area contributed by atoms with Crippen LogP contribution >= 0.6 is 47.2 Å². The van der Waals surface area contributed by atoms with Crippen molar-refractivity contribution in [2.24, 2.45) is 0 Å². The molecule has 2 nitrogen and oxygen atoms in total. The van der Waals surface area contributed by atoms with Crippen LogP contribution in [-0.2, 0) is 4.79 Å². The Morgan fingerprint density at radius 1 is 1.33 bits per heavy atom. The third-order valence-electron chi connectivity index (χ3n) is 1.29. The van der Waals surface area contributed by atoms with Crippen molar-refractivity contribution < 1.29 is 23.1 Å². The molecule has 0 aromatic rings. The fraction of sp³-hybridized carbons (Fsp3) is 0.833. The van der Waals surface area contributed by atoms with Crippen molar-refractivity contribution >= 4 is 53.2 Å². The lowest BCUT2D eigenvalue weighted by Gasteiger charge is -2.24. The summed E-state index contributed by atoms with van der Waals surface area (Å²) in [5, 5.41) is 6.97. The van der Waals surface area contributed by atoms with Crippen LogP contribution in [0, 0.1) is 0 Å². The lowest BCUT2D eigenvalue weighted by molar-refractivity contribution is -0.145. The summed E-state index contributed by atoms with van der Waals surface area (Å²) in [5.74, 6) is -1.31. The van der Waals surface area contributed by atoms with Crippen molar-refractivity contribution in [1.29, 1.82) is 0 Å². The highest BCUT2D eigenvalue weighted by molar-refractivity contribution is 6.49. The first-order valence-corrected chi connectivity index (χ1v) is 4.56. The SMILES string of the molecule is Cl.O=C(O)CC(Cl)CC(Cl)(Cl)C(F)(F)F. The van der Waals surface area contributed by atoms with Gasteiger partial charge in [0.1, 0.15) is 0 Å². The monoisotopic (exact) mass is 308 g/mol. The normalized spacial score (nSPS) is 14.3. The molecule has 0 aliphatic carbocycles. The first-order valence-electron chi connectivity index (χ1n) is 3.36. The van der Waals surface area contributed by atoms with Crippen molar-refractivity contribution in [1.82, 2.24) is 0 Å². The Kier molecular flexibility index (Phi) is 7.39. The van der Waals surface area contributed by atoms with Gasteiger partial charge in [-0.15, -0.1) is 24.0 Å². The van der Waals surface area contributed by atoms with Gasteiger partial charge in [-0.3, -0.25) is 4.79 Å². The lowest BCUT2D eigenvalue weighted by atomic mass is 10.1. The predicted octanol–water partition coefficient (Wildman–Crippen LogP) is 3.62. The number of carboxylic acids is 1. The predicted molar refractivity (Wildman–Crippen MR) is 54.3 cm³/mol. The van der Waals surface area contributed by atoms with Gasteiger partial charge in [0.25, 0.3) is 0 Å². The van der Waals surface area contributed by atoms with E-state index in [1.165, 1.54) is 0 Å². The van der Waals surface area contributed by atoms with E-state index in [1.54, 1.807) is 0 Å². The summed E-state index contributed by atoms with van der Waals surface area (Å²) < 4.78 is 33.2. The first-order chi connectivity index (χ1) is 6.06. The Hall–Kier alpha value is 0.420. The fourth-order valence-corrected chi connectivity index (χ4v) is 1.55. The number of alkyl halides is 6. The van der Waals surface area contributed by atoms with E-state index in [1.807, 2.05) is 0 Å². The van der Waals surface area contributed by atoms with E-state index in [9.17, 15) is 18.0 Å². The van der Waals surface area contributed by atoms with Gasteiger partial charge in [0.2, 0.25) is 4.33 Å². The Bertz CT molecular complexity index is 219. The summed E-state index contributed by atoms with van der Waals surface area (Å²) in [4.78, 5) is 10.1. The van der Waals surface area contributed by atoms with Gasteiger partial charge < -0.3 is 5.11 Å². The van der Waals surface area contributed by atoms with Gasteiger partial charge in [-0.05, 0) is 0 Å². The summed E-state index contributed by atoms with van der Waals surface area (Å²) in [5.41, 5.74) is 0. The Morgan fingerprint density at radius 2 is 1.73 bits per heavy atom. The highest BCUT2D eigenvalue weighted by Gasteiger charge is 2.53. The second kappa shape index (κ2) is 6.23. The maximum absolute atomic E-state index is 12.1. The number of rotatable bonds is 4. The van der Waals surface area contributed by atoms with Gasteiger partial charge in [0.15, 0.2) is 0 Å². The third-order valence-corrected chi connectivity index (χ3v) is 2.33. The van der Waals surface area contributed by atoms with E-state index in [0.29, 0.717) is 0 Å². The minimum atomic E-state index is -4.83. The van der Waals surface area contributed by atoms with E-state index < -0.39 is 34.7 Å². The molecular formula is C6H7Cl4F3O2. The van der Waals surface area contributed by atoms with Crippen LogP contribution < -0.4 is 0 Å². The van der Waals surface area contributed by atoms with Crippen molar-refractivity contribution in [3.05, 3.63) is 0 Å². The molecule has 0 aromatic heterocycles. The Labute approximate surface area is 105 Å². The zero-order valence-corrected chi connectivity index (χ0v) is 10.1. The molecule has 15 heavy (non-hydrogen) atoms. The average Bonchev–Trinajstić information content (AvgIpc) is 1.79. The Balaban J connectivity index is 0. The van der Waals surface area contributed by atoms with E-state index in [4.69, 9.17) is 39.9 Å². The number of hydrogen-bond acceptors (Lipinski definition) is 1. The largest absolute Gasteiger partial charge is 0.481 e. The summed E-state index contributed by atoms with van der Waals surface area (Å²) >= 11 is 15.2. The molecule has 0 aromatic carbocycles. The maximum atomic E-state index is 12.1. The highest BCUT2D eigenvalue weighted by Crippen LogP contribution is 2.44. The first kappa shape index (κ1) is 17.8. The van der Waals surface area contributed by atoms with Gasteiger partial charge in [-0.1, -0.05) is 23.2 Å². The molecule has 0 radical (unpaired) electrons. The van der Waals surface area contributed by atoms with Crippen molar-refractivity contribution in [2.75, 3.05) is 0 Å². The molecule has 9 heteroatoms. The molecular weight excluding hydrogens is 303 g/mol. The second-order valence-corrected chi connectivity index (χ2v) is 4.70. The van der Waals surface area contributed by atoms with Gasteiger partial charge in [-0.2, -0.15) is 13.2 Å². The molecule has 92 valence electrons. The Morgan fingerprint density at radius 3 is 2.00 bits per heavy atom. The van der Waals surface area contributed by atoms with Crippen molar-refractivity contribution in [3.8, 4) is 0 Å². The summed E-state index contributed by atoms with van der Waals surface area (Å²) in [6, 6.07) is 0. The standard InChI is InChI=1S/C6H6Cl3F3O2.ClH/c7-3(1-4(13)14)2-5(8,9)6(10,11)12;/h3H,1-2H2,(H,13,14);1H. The molecule has 1 atom stereocenters. The molecule has 0 heterocycles. The van der Waals surface area contributed by atoms with Crippen molar-refractivity contribution in [3.63, 3.8) is 0 Å². The molecule has 0 aliphatic heterocycles. The number of aliphatic carboxylic acids is 1. The molecule has 0 aliphatic rings. The van der Waals surface area contributed by atoms with E-state index >= 15 is 0 Å². The molecule has 0 fully saturated rings. The molecule has 0 amide bonds. The van der Waals surface area contributed by atoms with Crippen LogP contribution in [0.25, 0.3) is 0 Å². The fourth-order valence-electron chi connectivity index (χ4n) is 0.656. The molecule has 0 rings (SSSR count). The minimum Gasteiger partial charge on any atom is -0.481 e. The average molecular weight is 310 g/mol. The summed E-state index contributed by atoms with van der Waals surface area (Å²) in [6.45, 7) is 0. The molecule has 0 saturated heterocycles. The molecule has 1 N–H and O–H groups in total. The van der Waals surface area contributed by atoms with Gasteiger partial charge in [-0.25, -0.2) is 0 Å². The van der Waals surface area contributed by atoms with Crippen LogP contribution in [0.5, 0.6) is 0 Å². The second-order valence-electron chi connectivity index (χ2n) is 2.60. The molecule has 0 bridgehead atoms. The highest BCUT2D eigenvalue weighted by atomic mass is 35.5. The summed E-state index contributed by atoms with van der Waals surface area (Å²) in [7, 11) is 0. The zero-order valence-electron chi connectivity index (χ0n) is 7.02. The van der Waals surface area contributed by atoms with Gasteiger partial charge in [0.05, 0.1) is 6.42 Å². The van der Waals surface area contributed by atoms with Crippen LogP contribution in [0.2, 0.25) is 0 Å². The molecule has 0 spiro atoms. The van der Waals surface area contributed by atoms with Crippen molar-refractivity contribution in [2.45, 2.75) is 28.7 Å². The number of carboxylic acid groups (broad SMARTS) is 1. The number of hydrogen-bond donors (Lipinski definition) is 1. The van der Waals surface area contributed by atoms with Crippen LogP contribution in [0.1, 0.15) is 12.8 Å². The molecule has 1 unspecified atom stereocenters. The third kappa shape index (κ3) is 6.56. The summed E-state index contributed by atoms with van der Waals surface area (Å²) in [6.07, 6.45) is -6.33. The van der Waals surface area contributed by atoms with E-state index in [-0.39, 0.29) is 12.4 Å². The van der Waals surface area contributed by atoms with Crippen LogP contribution in [0.15, 0.2) is 0 Å². The van der Waals surface area contributed by atoms with Crippen LogP contribution in [0.4, 0.5) is 13.2 Å². The van der Waals surface area contributed by atoms with Crippen LogP contribution in [-0.4, -0.2) is 27.0 Å².